The van der Waals surface area contributed by atoms with Crippen molar-refractivity contribution in [1.82, 2.24) is 0 Å². The Balaban J connectivity index is 1.30. The molecule has 0 bridgehead atoms. The smallest absolute Gasteiger partial charge is 0.166 e. The summed E-state index contributed by atoms with van der Waals surface area (Å²) in [7, 11) is 0. The molecule has 0 atom stereocenters. The molecule has 210 valence electrons. The number of benzene rings is 3. The van der Waals surface area contributed by atoms with Crippen LogP contribution >= 0.6 is 0 Å². The van der Waals surface area contributed by atoms with Gasteiger partial charge in [0.2, 0.25) is 0 Å². The van der Waals surface area contributed by atoms with Gasteiger partial charge in [-0.05, 0) is 98.1 Å². The Bertz CT molecular complexity index is 1180. The molecule has 0 N–H and O–H groups in total. The van der Waals surface area contributed by atoms with Gasteiger partial charge >= 0.3 is 0 Å². The Morgan fingerprint density at radius 3 is 2.00 bits per heavy atom. The predicted molar refractivity (Wildman–Crippen MR) is 152 cm³/mol. The largest absolute Gasteiger partial charge is 0.494 e. The molecule has 0 saturated heterocycles. The van der Waals surface area contributed by atoms with E-state index < -0.39 is 11.6 Å². The van der Waals surface area contributed by atoms with E-state index in [-0.39, 0.29) is 17.3 Å². The average molecular weight is 539 g/mol. The molecule has 0 aromatic heterocycles. The molecule has 0 heterocycles. The highest BCUT2D eigenvalue weighted by atomic mass is 19.2. The highest BCUT2D eigenvalue weighted by Crippen LogP contribution is 2.40. The van der Waals surface area contributed by atoms with Crippen molar-refractivity contribution in [3.63, 3.8) is 0 Å². The average Bonchev–Trinajstić information content (AvgIpc) is 2.95. The Labute approximate surface area is 231 Å². The summed E-state index contributed by atoms with van der Waals surface area (Å²) in [6, 6.07) is 15.8. The lowest BCUT2D eigenvalue weighted by atomic mass is 9.76. The molecule has 2 nitrogen and oxygen atoms in total. The number of aryl methyl sites for hydroxylation is 1. The first-order chi connectivity index (χ1) is 19.0. The molecule has 1 fully saturated rings. The Morgan fingerprint density at radius 1 is 0.718 bits per heavy atom. The first-order valence-corrected chi connectivity index (χ1v) is 14.6. The topological polar surface area (TPSA) is 18.5 Å². The summed E-state index contributed by atoms with van der Waals surface area (Å²) in [6.07, 6.45) is 9.11. The first-order valence-electron chi connectivity index (χ1n) is 14.6. The molecule has 0 aliphatic heterocycles. The number of hydrogen-bond donors (Lipinski definition) is 0. The normalized spacial score (nSPS) is 17.3. The summed E-state index contributed by atoms with van der Waals surface area (Å²) in [5.74, 6) is 0.0572. The summed E-state index contributed by atoms with van der Waals surface area (Å²) in [4.78, 5) is 0. The van der Waals surface area contributed by atoms with Crippen LogP contribution < -0.4 is 9.47 Å². The number of rotatable bonds is 13. The van der Waals surface area contributed by atoms with E-state index in [1.807, 2.05) is 12.1 Å². The molecule has 5 heteroatoms. The van der Waals surface area contributed by atoms with Crippen LogP contribution in [0.15, 0.2) is 54.6 Å². The van der Waals surface area contributed by atoms with Gasteiger partial charge in [-0.3, -0.25) is 0 Å². The second-order valence-electron chi connectivity index (χ2n) is 10.8. The van der Waals surface area contributed by atoms with Gasteiger partial charge in [0.15, 0.2) is 11.6 Å². The molecule has 1 saturated carbocycles. The predicted octanol–water partition coefficient (Wildman–Crippen LogP) is 10.0. The van der Waals surface area contributed by atoms with Crippen LogP contribution in [-0.4, -0.2) is 13.2 Å². The summed E-state index contributed by atoms with van der Waals surface area (Å²) >= 11 is 0. The third kappa shape index (κ3) is 7.80. The van der Waals surface area contributed by atoms with Crippen LogP contribution in [0, 0.1) is 23.4 Å². The van der Waals surface area contributed by atoms with Crippen molar-refractivity contribution in [2.75, 3.05) is 13.2 Å². The molecule has 1 aliphatic carbocycles. The van der Waals surface area contributed by atoms with Crippen molar-refractivity contribution in [3.05, 3.63) is 83.2 Å². The van der Waals surface area contributed by atoms with Gasteiger partial charge in [-0.2, -0.15) is 0 Å². The molecule has 0 amide bonds. The fourth-order valence-corrected chi connectivity index (χ4v) is 5.44. The molecule has 4 rings (SSSR count). The Kier molecular flexibility index (Phi) is 10.8. The second kappa shape index (κ2) is 14.4. The maximum Gasteiger partial charge on any atom is 0.166 e. The van der Waals surface area contributed by atoms with Gasteiger partial charge in [0, 0.05) is 11.6 Å². The number of unbranched alkanes of at least 4 members (excludes halogenated alkanes) is 2. The molecule has 3 aromatic carbocycles. The number of ether oxygens (including phenoxy) is 2. The SMILES string of the molecule is CCCCOc1ccc(-c2ccc(C3CCC(CCc4ccc(OCCCC)cc4F)CC3)c(F)c2F)cc1. The molecular weight excluding hydrogens is 497 g/mol. The molecule has 1 aliphatic rings. The van der Waals surface area contributed by atoms with Crippen LogP contribution in [-0.2, 0) is 6.42 Å². The van der Waals surface area contributed by atoms with Gasteiger partial charge in [0.05, 0.1) is 13.2 Å². The van der Waals surface area contributed by atoms with Gasteiger partial charge in [-0.25, -0.2) is 13.2 Å². The van der Waals surface area contributed by atoms with Crippen molar-refractivity contribution in [1.29, 1.82) is 0 Å². The highest BCUT2D eigenvalue weighted by Gasteiger charge is 2.26. The lowest BCUT2D eigenvalue weighted by Crippen LogP contribution is -2.16. The van der Waals surface area contributed by atoms with E-state index in [0.29, 0.717) is 48.0 Å². The van der Waals surface area contributed by atoms with Crippen LogP contribution in [0.5, 0.6) is 11.5 Å². The minimum Gasteiger partial charge on any atom is -0.494 e. The second-order valence-corrected chi connectivity index (χ2v) is 10.8. The van der Waals surface area contributed by atoms with Crippen LogP contribution in [0.3, 0.4) is 0 Å². The van der Waals surface area contributed by atoms with Crippen molar-refractivity contribution in [3.8, 4) is 22.6 Å². The van der Waals surface area contributed by atoms with Gasteiger partial charge in [-0.1, -0.05) is 57.0 Å². The Hall–Kier alpha value is -2.95. The minimum atomic E-state index is -0.785. The molecule has 0 unspecified atom stereocenters. The van der Waals surface area contributed by atoms with E-state index in [1.54, 1.807) is 36.4 Å². The molecule has 3 aromatic rings. The van der Waals surface area contributed by atoms with Gasteiger partial charge in [0.1, 0.15) is 17.3 Å². The monoisotopic (exact) mass is 538 g/mol. The van der Waals surface area contributed by atoms with Crippen molar-refractivity contribution < 1.29 is 22.6 Å². The summed E-state index contributed by atoms with van der Waals surface area (Å²) in [5, 5.41) is 0. The third-order valence-electron chi connectivity index (χ3n) is 7.94. The van der Waals surface area contributed by atoms with E-state index in [0.717, 1.165) is 63.5 Å². The maximum atomic E-state index is 15.2. The van der Waals surface area contributed by atoms with E-state index in [9.17, 15) is 4.39 Å². The fourth-order valence-electron chi connectivity index (χ4n) is 5.44. The standard InChI is InChI=1S/C34H41F3O2/c1-3-5-21-38-28-16-13-26(14-17-28)31-20-19-30(33(36)34(31)37)25-10-7-24(8-11-25)9-12-27-15-18-29(23-32(27)35)39-22-6-4-2/h13-20,23-25H,3-12,21-22H2,1-2H3. The Morgan fingerprint density at radius 2 is 1.36 bits per heavy atom. The lowest BCUT2D eigenvalue weighted by molar-refractivity contribution is 0.302. The molecule has 0 radical (unpaired) electrons. The summed E-state index contributed by atoms with van der Waals surface area (Å²) in [5.41, 5.74) is 2.09. The van der Waals surface area contributed by atoms with E-state index in [2.05, 4.69) is 13.8 Å². The van der Waals surface area contributed by atoms with E-state index >= 15 is 8.78 Å². The lowest BCUT2D eigenvalue weighted by Gasteiger charge is -2.29. The number of halogens is 3. The van der Waals surface area contributed by atoms with Crippen LogP contribution in [0.1, 0.15) is 88.7 Å². The van der Waals surface area contributed by atoms with Crippen LogP contribution in [0.4, 0.5) is 13.2 Å². The zero-order valence-corrected chi connectivity index (χ0v) is 23.3. The summed E-state index contributed by atoms with van der Waals surface area (Å²) < 4.78 is 56.2. The zero-order chi connectivity index (χ0) is 27.6. The minimum absolute atomic E-state index is 0.00966. The third-order valence-corrected chi connectivity index (χ3v) is 7.94. The van der Waals surface area contributed by atoms with Gasteiger partial charge in [-0.15, -0.1) is 0 Å². The van der Waals surface area contributed by atoms with E-state index in [4.69, 9.17) is 9.47 Å². The van der Waals surface area contributed by atoms with Crippen molar-refractivity contribution in [2.45, 2.75) is 84.0 Å². The summed E-state index contributed by atoms with van der Waals surface area (Å²) in [6.45, 7) is 5.45. The first kappa shape index (κ1) is 29.0. The van der Waals surface area contributed by atoms with Gasteiger partial charge < -0.3 is 9.47 Å². The molecular formula is C34H41F3O2. The quantitative estimate of drug-likeness (QED) is 0.202. The molecule has 39 heavy (non-hydrogen) atoms. The fraction of sp³-hybridized carbons (Fsp3) is 0.471. The van der Waals surface area contributed by atoms with Crippen LogP contribution in [0.25, 0.3) is 11.1 Å². The van der Waals surface area contributed by atoms with Crippen molar-refractivity contribution in [2.24, 2.45) is 5.92 Å². The highest BCUT2D eigenvalue weighted by molar-refractivity contribution is 5.65. The van der Waals surface area contributed by atoms with E-state index in [1.165, 1.54) is 6.07 Å². The number of hydrogen-bond acceptors (Lipinski definition) is 2. The maximum absolute atomic E-state index is 15.2. The zero-order valence-electron chi connectivity index (χ0n) is 23.3. The van der Waals surface area contributed by atoms with Crippen LogP contribution in [0.2, 0.25) is 0 Å². The van der Waals surface area contributed by atoms with Crippen molar-refractivity contribution >= 4 is 0 Å². The molecule has 0 spiro atoms. The van der Waals surface area contributed by atoms with Gasteiger partial charge in [0.25, 0.3) is 0 Å².